The number of carbonyl (C=O) groups is 1. The Morgan fingerprint density at radius 2 is 2.00 bits per heavy atom. The van der Waals surface area contributed by atoms with E-state index in [4.69, 9.17) is 0 Å². The van der Waals surface area contributed by atoms with Crippen LogP contribution in [-0.4, -0.2) is 26.9 Å². The molecular weight excluding hydrogens is 296 g/mol. The van der Waals surface area contributed by atoms with Gasteiger partial charge in [-0.2, -0.15) is 0 Å². The van der Waals surface area contributed by atoms with E-state index in [1.54, 1.807) is 13.0 Å². The van der Waals surface area contributed by atoms with E-state index in [0.717, 1.165) is 19.3 Å². The van der Waals surface area contributed by atoms with Gasteiger partial charge in [0.1, 0.15) is 5.65 Å². The molecule has 1 saturated carbocycles. The van der Waals surface area contributed by atoms with Crippen LogP contribution in [0.4, 0.5) is 0 Å². The summed E-state index contributed by atoms with van der Waals surface area (Å²) in [6.45, 7) is 3.85. The fourth-order valence-electron chi connectivity index (χ4n) is 3.25. The van der Waals surface area contributed by atoms with Crippen LogP contribution in [0.25, 0.3) is 11.0 Å². The number of nitrogens with one attached hydrogen (secondary N) is 3. The summed E-state index contributed by atoms with van der Waals surface area (Å²) in [4.78, 5) is 45.0. The first-order valence-corrected chi connectivity index (χ1v) is 7.90. The van der Waals surface area contributed by atoms with E-state index in [1.165, 1.54) is 6.42 Å². The summed E-state index contributed by atoms with van der Waals surface area (Å²) >= 11 is 0. The van der Waals surface area contributed by atoms with Crippen molar-refractivity contribution in [2.24, 2.45) is 5.92 Å². The van der Waals surface area contributed by atoms with Crippen LogP contribution in [0.2, 0.25) is 0 Å². The molecule has 0 aliphatic heterocycles. The predicted octanol–water partition coefficient (Wildman–Crippen LogP) is 1.23. The second-order valence-electron chi connectivity index (χ2n) is 6.28. The van der Waals surface area contributed by atoms with Gasteiger partial charge in [-0.15, -0.1) is 0 Å². The van der Waals surface area contributed by atoms with Crippen LogP contribution in [0, 0.1) is 12.8 Å². The molecule has 0 saturated heterocycles. The highest BCUT2D eigenvalue weighted by atomic mass is 16.2. The van der Waals surface area contributed by atoms with Crippen LogP contribution in [0.15, 0.2) is 15.7 Å². The predicted molar refractivity (Wildman–Crippen MR) is 86.6 cm³/mol. The van der Waals surface area contributed by atoms with E-state index in [2.05, 4.69) is 27.2 Å². The molecule has 0 spiro atoms. The normalized spacial score (nSPS) is 21.3. The van der Waals surface area contributed by atoms with E-state index >= 15 is 0 Å². The van der Waals surface area contributed by atoms with Crippen molar-refractivity contribution in [1.29, 1.82) is 0 Å². The number of pyridine rings is 1. The van der Waals surface area contributed by atoms with Gasteiger partial charge in [0, 0.05) is 11.7 Å². The topological polar surface area (TPSA) is 108 Å². The van der Waals surface area contributed by atoms with Crippen molar-refractivity contribution < 1.29 is 4.79 Å². The van der Waals surface area contributed by atoms with Crippen molar-refractivity contribution >= 4 is 16.9 Å². The Morgan fingerprint density at radius 1 is 1.26 bits per heavy atom. The second kappa shape index (κ2) is 5.98. The fraction of sp³-hybridized carbons (Fsp3) is 0.500. The van der Waals surface area contributed by atoms with Gasteiger partial charge in [-0.25, -0.2) is 9.78 Å². The zero-order valence-corrected chi connectivity index (χ0v) is 13.2. The van der Waals surface area contributed by atoms with Crippen molar-refractivity contribution in [1.82, 2.24) is 20.3 Å². The van der Waals surface area contributed by atoms with E-state index in [-0.39, 0.29) is 28.5 Å². The molecule has 7 nitrogen and oxygen atoms in total. The van der Waals surface area contributed by atoms with Gasteiger partial charge in [0.05, 0.1) is 10.9 Å². The summed E-state index contributed by atoms with van der Waals surface area (Å²) in [5.74, 6) is 0.122. The van der Waals surface area contributed by atoms with Crippen LogP contribution in [0.1, 0.15) is 48.7 Å². The molecule has 122 valence electrons. The molecule has 1 aliphatic carbocycles. The molecular formula is C16H20N4O3. The maximum atomic E-state index is 12.7. The lowest BCUT2D eigenvalue weighted by Gasteiger charge is -2.29. The number of H-pyrrole nitrogens is 2. The molecule has 0 bridgehead atoms. The Labute approximate surface area is 132 Å². The smallest absolute Gasteiger partial charge is 0.327 e. The number of rotatable bonds is 2. The van der Waals surface area contributed by atoms with Crippen LogP contribution < -0.4 is 16.6 Å². The molecule has 2 atom stereocenters. The average molecular weight is 316 g/mol. The molecule has 0 radical (unpaired) electrons. The van der Waals surface area contributed by atoms with Crippen LogP contribution >= 0.6 is 0 Å². The van der Waals surface area contributed by atoms with E-state index in [9.17, 15) is 14.4 Å². The quantitative estimate of drug-likeness (QED) is 0.774. The van der Waals surface area contributed by atoms with Crippen LogP contribution in [-0.2, 0) is 0 Å². The van der Waals surface area contributed by atoms with Gasteiger partial charge in [-0.05, 0) is 31.7 Å². The third-order valence-corrected chi connectivity index (χ3v) is 4.51. The Balaban J connectivity index is 2.03. The van der Waals surface area contributed by atoms with Gasteiger partial charge in [-0.3, -0.25) is 19.6 Å². The molecule has 1 aliphatic rings. The molecule has 23 heavy (non-hydrogen) atoms. The Kier molecular flexibility index (Phi) is 4.02. The maximum absolute atomic E-state index is 12.7. The Bertz CT molecular complexity index is 868. The summed E-state index contributed by atoms with van der Waals surface area (Å²) in [7, 11) is 0. The van der Waals surface area contributed by atoms with E-state index < -0.39 is 11.2 Å². The molecule has 2 heterocycles. The zero-order chi connectivity index (χ0) is 16.6. The summed E-state index contributed by atoms with van der Waals surface area (Å²) in [5.41, 5.74) is -0.269. The Morgan fingerprint density at radius 3 is 2.74 bits per heavy atom. The number of aromatic amines is 2. The molecule has 7 heteroatoms. The lowest BCUT2D eigenvalue weighted by atomic mass is 9.86. The number of hydrogen-bond donors (Lipinski definition) is 3. The summed E-state index contributed by atoms with van der Waals surface area (Å²) < 4.78 is 0. The molecule has 3 N–H and O–H groups in total. The molecule has 3 rings (SSSR count). The number of aryl methyl sites for hydroxylation is 1. The third-order valence-electron chi connectivity index (χ3n) is 4.51. The van der Waals surface area contributed by atoms with Gasteiger partial charge in [0.2, 0.25) is 0 Å². The Hall–Kier alpha value is -2.44. The van der Waals surface area contributed by atoms with Crippen molar-refractivity contribution in [3.8, 4) is 0 Å². The number of nitrogens with zero attached hydrogens (tertiary/aromatic N) is 1. The fourth-order valence-corrected chi connectivity index (χ4v) is 3.25. The molecule has 1 fully saturated rings. The first-order valence-electron chi connectivity index (χ1n) is 7.90. The van der Waals surface area contributed by atoms with E-state index in [0.29, 0.717) is 11.6 Å². The highest BCUT2D eigenvalue weighted by Gasteiger charge is 2.25. The van der Waals surface area contributed by atoms with Gasteiger partial charge < -0.3 is 5.32 Å². The van der Waals surface area contributed by atoms with Gasteiger partial charge in [0.15, 0.2) is 0 Å². The summed E-state index contributed by atoms with van der Waals surface area (Å²) in [6, 6.07) is 1.69. The highest BCUT2D eigenvalue weighted by molar-refractivity contribution is 6.05. The van der Waals surface area contributed by atoms with Crippen LogP contribution in [0.3, 0.4) is 0 Å². The second-order valence-corrected chi connectivity index (χ2v) is 6.28. The van der Waals surface area contributed by atoms with Gasteiger partial charge >= 0.3 is 5.69 Å². The molecule has 2 unspecified atom stereocenters. The minimum Gasteiger partial charge on any atom is -0.349 e. The lowest BCUT2D eigenvalue weighted by Crippen LogP contribution is -2.41. The SMILES string of the molecule is Cc1cc(C(=O)NC2CCCCC2C)c2c(=O)[nH]c(=O)[nH]c2n1. The number of amides is 1. The molecule has 2 aromatic rings. The maximum Gasteiger partial charge on any atom is 0.327 e. The summed E-state index contributed by atoms with van der Waals surface area (Å²) in [5, 5.41) is 3.16. The van der Waals surface area contributed by atoms with E-state index in [1.807, 2.05) is 0 Å². The van der Waals surface area contributed by atoms with Crippen molar-refractivity contribution in [2.45, 2.75) is 45.6 Å². The molecule has 0 aromatic carbocycles. The zero-order valence-electron chi connectivity index (χ0n) is 13.2. The number of fused-ring (bicyclic) bond motifs is 1. The van der Waals surface area contributed by atoms with Crippen molar-refractivity contribution in [3.63, 3.8) is 0 Å². The van der Waals surface area contributed by atoms with Crippen LogP contribution in [0.5, 0.6) is 0 Å². The van der Waals surface area contributed by atoms with Crippen molar-refractivity contribution in [2.75, 3.05) is 0 Å². The number of carbonyl (C=O) groups excluding carboxylic acids is 1. The average Bonchev–Trinajstić information content (AvgIpc) is 2.47. The van der Waals surface area contributed by atoms with Gasteiger partial charge in [0.25, 0.3) is 11.5 Å². The first-order chi connectivity index (χ1) is 11.0. The first kappa shape index (κ1) is 15.5. The number of hydrogen-bond acceptors (Lipinski definition) is 4. The minimum atomic E-state index is -0.632. The lowest BCUT2D eigenvalue weighted by molar-refractivity contribution is 0.0911. The third kappa shape index (κ3) is 3.04. The monoisotopic (exact) mass is 316 g/mol. The summed E-state index contributed by atoms with van der Waals surface area (Å²) in [6.07, 6.45) is 4.32. The highest BCUT2D eigenvalue weighted by Crippen LogP contribution is 2.24. The molecule has 1 amide bonds. The number of aromatic nitrogens is 3. The van der Waals surface area contributed by atoms with Gasteiger partial charge in [-0.1, -0.05) is 19.8 Å². The standard InChI is InChI=1S/C16H20N4O3/c1-8-5-3-4-6-11(8)18-14(21)10-7-9(2)17-13-12(10)15(22)20-16(23)19-13/h7-8,11H,3-6H2,1-2H3,(H,18,21)(H2,17,19,20,22,23). The largest absolute Gasteiger partial charge is 0.349 e. The molecule has 2 aromatic heterocycles. The van der Waals surface area contributed by atoms with Crippen molar-refractivity contribution in [3.05, 3.63) is 38.2 Å². The minimum absolute atomic E-state index is 0.113.